The van der Waals surface area contributed by atoms with Crippen LogP contribution < -0.4 is 20.1 Å². The molecule has 2 amide bonds. The van der Waals surface area contributed by atoms with Gasteiger partial charge in [0.15, 0.2) is 18.1 Å². The minimum Gasteiger partial charge on any atom is -0.493 e. The van der Waals surface area contributed by atoms with Gasteiger partial charge in [-0.1, -0.05) is 12.1 Å². The van der Waals surface area contributed by atoms with Crippen molar-refractivity contribution < 1.29 is 24.0 Å². The van der Waals surface area contributed by atoms with Gasteiger partial charge in [0.05, 0.1) is 24.6 Å². The highest BCUT2D eigenvalue weighted by atomic mass is 16.6. The number of hydrogen-bond donors (Lipinski definition) is 2. The molecule has 0 atom stereocenters. The van der Waals surface area contributed by atoms with Gasteiger partial charge < -0.3 is 20.1 Å². The van der Waals surface area contributed by atoms with E-state index in [2.05, 4.69) is 10.6 Å². The zero-order valence-electron chi connectivity index (χ0n) is 15.8. The maximum atomic E-state index is 12.0. The summed E-state index contributed by atoms with van der Waals surface area (Å²) in [6, 6.07) is 9.36. The Balaban J connectivity index is 1.87. The van der Waals surface area contributed by atoms with Crippen LogP contribution in [0, 0.1) is 24.0 Å². The molecule has 9 heteroatoms. The third-order valence-corrected chi connectivity index (χ3v) is 4.04. The number of ether oxygens (including phenoxy) is 2. The Kier molecular flexibility index (Phi) is 6.91. The number of carbonyl (C=O) groups excluding carboxylic acids is 2. The van der Waals surface area contributed by atoms with Crippen LogP contribution in [0.5, 0.6) is 11.5 Å². The summed E-state index contributed by atoms with van der Waals surface area (Å²) in [4.78, 5) is 34.2. The first-order valence-electron chi connectivity index (χ1n) is 8.39. The fourth-order valence-electron chi connectivity index (χ4n) is 2.35. The first-order chi connectivity index (χ1) is 13.3. The lowest BCUT2D eigenvalue weighted by Gasteiger charge is -2.12. The number of anilines is 1. The largest absolute Gasteiger partial charge is 0.493 e. The molecule has 0 radical (unpaired) electrons. The van der Waals surface area contributed by atoms with Gasteiger partial charge in [-0.2, -0.15) is 0 Å². The van der Waals surface area contributed by atoms with Crippen molar-refractivity contribution in [2.24, 2.45) is 0 Å². The molecule has 28 heavy (non-hydrogen) atoms. The molecule has 0 spiro atoms. The number of nitro groups is 1. The molecule has 9 nitrogen and oxygen atoms in total. The lowest BCUT2D eigenvalue weighted by atomic mass is 10.1. The number of benzene rings is 2. The molecule has 0 saturated carbocycles. The average Bonchev–Trinajstić information content (AvgIpc) is 2.68. The Hall–Kier alpha value is -3.62. The summed E-state index contributed by atoms with van der Waals surface area (Å²) >= 11 is 0. The second kappa shape index (κ2) is 9.36. The first kappa shape index (κ1) is 20.7. The number of amides is 2. The van der Waals surface area contributed by atoms with Crippen LogP contribution in [0.15, 0.2) is 36.4 Å². The zero-order valence-corrected chi connectivity index (χ0v) is 15.8. The average molecular weight is 387 g/mol. The van der Waals surface area contributed by atoms with E-state index in [4.69, 9.17) is 9.47 Å². The van der Waals surface area contributed by atoms with E-state index in [1.165, 1.54) is 25.3 Å². The lowest BCUT2D eigenvalue weighted by Crippen LogP contribution is -2.35. The molecule has 0 aliphatic rings. The van der Waals surface area contributed by atoms with Crippen LogP contribution in [-0.2, 0) is 9.59 Å². The second-order valence-corrected chi connectivity index (χ2v) is 5.95. The normalized spacial score (nSPS) is 10.1. The second-order valence-electron chi connectivity index (χ2n) is 5.95. The van der Waals surface area contributed by atoms with Crippen LogP contribution >= 0.6 is 0 Å². The van der Waals surface area contributed by atoms with E-state index in [1.807, 2.05) is 26.0 Å². The molecule has 2 N–H and O–H groups in total. The maximum absolute atomic E-state index is 12.0. The highest BCUT2D eigenvalue weighted by Gasteiger charge is 2.14. The predicted molar refractivity (Wildman–Crippen MR) is 103 cm³/mol. The summed E-state index contributed by atoms with van der Waals surface area (Å²) in [5.41, 5.74) is 2.48. The van der Waals surface area contributed by atoms with E-state index in [0.29, 0.717) is 5.69 Å². The van der Waals surface area contributed by atoms with Crippen molar-refractivity contribution in [1.82, 2.24) is 5.32 Å². The van der Waals surface area contributed by atoms with Crippen LogP contribution in [0.25, 0.3) is 0 Å². The van der Waals surface area contributed by atoms with Crippen molar-refractivity contribution >= 4 is 23.2 Å². The zero-order chi connectivity index (χ0) is 20.7. The highest BCUT2D eigenvalue weighted by molar-refractivity contribution is 5.95. The number of nitro benzene ring substituents is 1. The molecule has 0 aliphatic carbocycles. The van der Waals surface area contributed by atoms with E-state index < -0.39 is 17.4 Å². The van der Waals surface area contributed by atoms with Crippen LogP contribution in [0.2, 0.25) is 0 Å². The van der Waals surface area contributed by atoms with Gasteiger partial charge in [0.1, 0.15) is 0 Å². The van der Waals surface area contributed by atoms with Crippen LogP contribution in [0.1, 0.15) is 11.1 Å². The van der Waals surface area contributed by atoms with Crippen molar-refractivity contribution in [2.45, 2.75) is 13.8 Å². The van der Waals surface area contributed by atoms with E-state index in [1.54, 1.807) is 6.07 Å². The van der Waals surface area contributed by atoms with Crippen molar-refractivity contribution in [1.29, 1.82) is 0 Å². The predicted octanol–water partition coefficient (Wildman–Crippen LogP) is 2.35. The topological polar surface area (TPSA) is 120 Å². The number of hydrogen-bond acceptors (Lipinski definition) is 6. The van der Waals surface area contributed by atoms with E-state index in [0.717, 1.165) is 11.1 Å². The molecule has 2 aromatic rings. The molecule has 148 valence electrons. The molecular formula is C19H21N3O6. The van der Waals surface area contributed by atoms with Gasteiger partial charge in [-0.25, -0.2) is 0 Å². The quantitative estimate of drug-likeness (QED) is 0.530. The summed E-state index contributed by atoms with van der Waals surface area (Å²) in [6.07, 6.45) is 0. The molecule has 0 unspecified atom stereocenters. The summed E-state index contributed by atoms with van der Waals surface area (Å²) in [5, 5.41) is 16.0. The summed E-state index contributed by atoms with van der Waals surface area (Å²) < 4.78 is 10.3. The molecular weight excluding hydrogens is 366 g/mol. The Morgan fingerprint density at radius 2 is 1.86 bits per heavy atom. The number of methoxy groups -OCH3 is 1. The molecule has 0 saturated heterocycles. The SMILES string of the molecule is COc1ccc([N+](=O)[O-])cc1OCC(=O)NCC(=O)Nc1cccc(C)c1C. The molecule has 0 aliphatic heterocycles. The van der Waals surface area contributed by atoms with Gasteiger partial charge in [-0.3, -0.25) is 19.7 Å². The summed E-state index contributed by atoms with van der Waals surface area (Å²) in [7, 11) is 1.38. The third-order valence-electron chi connectivity index (χ3n) is 4.04. The van der Waals surface area contributed by atoms with Crippen molar-refractivity contribution in [3.63, 3.8) is 0 Å². The van der Waals surface area contributed by atoms with Gasteiger partial charge in [0, 0.05) is 11.8 Å². The van der Waals surface area contributed by atoms with Crippen molar-refractivity contribution in [3.05, 3.63) is 57.6 Å². The van der Waals surface area contributed by atoms with Crippen molar-refractivity contribution in [3.8, 4) is 11.5 Å². The monoisotopic (exact) mass is 387 g/mol. The molecule has 2 aromatic carbocycles. The number of non-ortho nitro benzene ring substituents is 1. The van der Waals surface area contributed by atoms with Gasteiger partial charge in [-0.15, -0.1) is 0 Å². The Morgan fingerprint density at radius 3 is 2.54 bits per heavy atom. The maximum Gasteiger partial charge on any atom is 0.273 e. The number of rotatable bonds is 8. The van der Waals surface area contributed by atoms with E-state index >= 15 is 0 Å². The highest BCUT2D eigenvalue weighted by Crippen LogP contribution is 2.31. The Morgan fingerprint density at radius 1 is 1.11 bits per heavy atom. The fourth-order valence-corrected chi connectivity index (χ4v) is 2.35. The first-order valence-corrected chi connectivity index (χ1v) is 8.39. The number of nitrogens with one attached hydrogen (secondary N) is 2. The Bertz CT molecular complexity index is 897. The van der Waals surface area contributed by atoms with Crippen LogP contribution in [-0.4, -0.2) is 37.0 Å². The molecule has 0 heterocycles. The van der Waals surface area contributed by atoms with Crippen LogP contribution in [0.4, 0.5) is 11.4 Å². The van der Waals surface area contributed by atoms with Gasteiger partial charge in [0.25, 0.3) is 11.6 Å². The standard InChI is InChI=1S/C19H21N3O6/c1-12-5-4-6-15(13(12)2)21-18(23)10-20-19(24)11-28-17-9-14(22(25)26)7-8-16(17)27-3/h4-9H,10-11H2,1-3H3,(H,20,24)(H,21,23). The summed E-state index contributed by atoms with van der Waals surface area (Å²) in [5.74, 6) is -0.614. The van der Waals surface area contributed by atoms with E-state index in [9.17, 15) is 19.7 Å². The number of carbonyl (C=O) groups is 2. The summed E-state index contributed by atoms with van der Waals surface area (Å²) in [6.45, 7) is 3.17. The van der Waals surface area contributed by atoms with Crippen molar-refractivity contribution in [2.75, 3.05) is 25.6 Å². The lowest BCUT2D eigenvalue weighted by molar-refractivity contribution is -0.385. The smallest absolute Gasteiger partial charge is 0.273 e. The van der Waals surface area contributed by atoms with Gasteiger partial charge in [-0.05, 0) is 37.1 Å². The minimum absolute atomic E-state index is 0.0617. The number of aryl methyl sites for hydroxylation is 1. The van der Waals surface area contributed by atoms with E-state index in [-0.39, 0.29) is 29.6 Å². The van der Waals surface area contributed by atoms with Gasteiger partial charge >= 0.3 is 0 Å². The molecule has 2 rings (SSSR count). The molecule has 0 aromatic heterocycles. The minimum atomic E-state index is -0.579. The van der Waals surface area contributed by atoms with Crippen LogP contribution in [0.3, 0.4) is 0 Å². The molecule has 0 bridgehead atoms. The third kappa shape index (κ3) is 5.44. The number of nitrogens with zero attached hydrogens (tertiary/aromatic N) is 1. The molecule has 0 fully saturated rings. The Labute approximate surface area is 161 Å². The fraction of sp³-hybridized carbons (Fsp3) is 0.263. The van der Waals surface area contributed by atoms with Gasteiger partial charge in [0.2, 0.25) is 5.91 Å².